The van der Waals surface area contributed by atoms with Crippen LogP contribution in [0.4, 0.5) is 5.69 Å². The first-order valence-electron chi connectivity index (χ1n) is 11.4. The van der Waals surface area contributed by atoms with Crippen LogP contribution in [0.3, 0.4) is 0 Å². The lowest BCUT2D eigenvalue weighted by Crippen LogP contribution is -2.40. The van der Waals surface area contributed by atoms with Crippen molar-refractivity contribution in [3.8, 4) is 5.75 Å². The Hall–Kier alpha value is -3.84. The summed E-state index contributed by atoms with van der Waals surface area (Å²) in [6, 6.07) is 27.3. The summed E-state index contributed by atoms with van der Waals surface area (Å²) in [5, 5.41) is 5.06. The van der Waals surface area contributed by atoms with E-state index in [2.05, 4.69) is 5.32 Å². The summed E-state index contributed by atoms with van der Waals surface area (Å²) in [5.41, 5.74) is 2.35. The lowest BCUT2D eigenvalue weighted by atomic mass is 10.1. The lowest BCUT2D eigenvalue weighted by Gasteiger charge is -2.24. The van der Waals surface area contributed by atoms with Crippen LogP contribution in [-0.4, -0.2) is 27.5 Å². The van der Waals surface area contributed by atoms with E-state index in [1.54, 1.807) is 24.3 Å². The molecule has 0 atom stereocenters. The molecule has 1 amide bonds. The fourth-order valence-corrected chi connectivity index (χ4v) is 5.18. The zero-order chi connectivity index (χ0) is 24.8. The van der Waals surface area contributed by atoms with E-state index in [0.29, 0.717) is 24.6 Å². The van der Waals surface area contributed by atoms with Crippen LogP contribution in [0, 0.1) is 6.92 Å². The van der Waals surface area contributed by atoms with Gasteiger partial charge in [-0.05, 0) is 72.6 Å². The normalized spacial score (nSPS) is 11.3. The average Bonchev–Trinajstić information content (AvgIpc) is 2.87. The van der Waals surface area contributed by atoms with Gasteiger partial charge in [0, 0.05) is 6.54 Å². The minimum atomic E-state index is -3.99. The van der Waals surface area contributed by atoms with Crippen molar-refractivity contribution in [1.82, 2.24) is 5.32 Å². The van der Waals surface area contributed by atoms with E-state index in [4.69, 9.17) is 4.74 Å². The molecule has 6 nitrogen and oxygen atoms in total. The molecule has 0 saturated carbocycles. The van der Waals surface area contributed by atoms with Gasteiger partial charge in [-0.1, -0.05) is 54.1 Å². The first-order valence-corrected chi connectivity index (χ1v) is 12.9. The predicted molar refractivity (Wildman–Crippen MR) is 139 cm³/mol. The van der Waals surface area contributed by atoms with Gasteiger partial charge < -0.3 is 10.1 Å². The fraction of sp³-hybridized carbons (Fsp3) is 0.179. The smallest absolute Gasteiger partial charge is 0.264 e. The van der Waals surface area contributed by atoms with Gasteiger partial charge in [-0.2, -0.15) is 0 Å². The van der Waals surface area contributed by atoms with Crippen LogP contribution in [0.1, 0.15) is 18.1 Å². The molecule has 0 radical (unpaired) electrons. The molecule has 0 bridgehead atoms. The molecule has 0 aromatic heterocycles. The van der Waals surface area contributed by atoms with Crippen LogP contribution in [0.2, 0.25) is 0 Å². The van der Waals surface area contributed by atoms with Gasteiger partial charge in [0.15, 0.2) is 0 Å². The fourth-order valence-electron chi connectivity index (χ4n) is 3.76. The summed E-state index contributed by atoms with van der Waals surface area (Å²) in [5.74, 6) is 0.190. The lowest BCUT2D eigenvalue weighted by molar-refractivity contribution is -0.119. The van der Waals surface area contributed by atoms with E-state index in [1.807, 2.05) is 68.4 Å². The van der Waals surface area contributed by atoms with E-state index in [1.165, 1.54) is 12.1 Å². The maximum absolute atomic E-state index is 13.5. The number of hydrogen-bond donors (Lipinski definition) is 1. The van der Waals surface area contributed by atoms with Crippen molar-refractivity contribution in [2.24, 2.45) is 0 Å². The molecule has 0 aliphatic carbocycles. The van der Waals surface area contributed by atoms with Gasteiger partial charge in [0.05, 0.1) is 17.2 Å². The monoisotopic (exact) mass is 488 g/mol. The largest absolute Gasteiger partial charge is 0.494 e. The Labute approximate surface area is 206 Å². The number of amides is 1. The molecule has 4 aromatic carbocycles. The number of carbonyl (C=O) groups is 1. The third-order valence-corrected chi connectivity index (χ3v) is 7.42. The molecule has 35 heavy (non-hydrogen) atoms. The van der Waals surface area contributed by atoms with Crippen molar-refractivity contribution in [3.63, 3.8) is 0 Å². The molecule has 0 unspecified atom stereocenters. The van der Waals surface area contributed by atoms with E-state index < -0.39 is 15.9 Å². The topological polar surface area (TPSA) is 75.7 Å². The molecule has 0 fully saturated rings. The maximum Gasteiger partial charge on any atom is 0.264 e. The molecule has 1 N–H and O–H groups in total. The number of carbonyl (C=O) groups excluding carboxylic acids is 1. The van der Waals surface area contributed by atoms with Crippen molar-refractivity contribution < 1.29 is 17.9 Å². The van der Waals surface area contributed by atoms with Gasteiger partial charge in [0.2, 0.25) is 5.91 Å². The number of nitrogens with one attached hydrogen (secondary N) is 1. The van der Waals surface area contributed by atoms with Gasteiger partial charge in [-0.25, -0.2) is 8.42 Å². The summed E-state index contributed by atoms with van der Waals surface area (Å²) >= 11 is 0. The van der Waals surface area contributed by atoms with Gasteiger partial charge in [0.1, 0.15) is 12.3 Å². The zero-order valence-corrected chi connectivity index (χ0v) is 20.6. The highest BCUT2D eigenvalue weighted by Crippen LogP contribution is 2.25. The summed E-state index contributed by atoms with van der Waals surface area (Å²) < 4.78 is 33.7. The van der Waals surface area contributed by atoms with Gasteiger partial charge in [0.25, 0.3) is 10.0 Å². The molecule has 4 rings (SSSR count). The Morgan fingerprint density at radius 2 is 1.57 bits per heavy atom. The molecular formula is C28H28N2O4S. The van der Waals surface area contributed by atoms with Gasteiger partial charge in [-0.3, -0.25) is 9.10 Å². The van der Waals surface area contributed by atoms with Crippen molar-refractivity contribution >= 4 is 32.4 Å². The van der Waals surface area contributed by atoms with Crippen molar-refractivity contribution in [2.45, 2.75) is 25.3 Å². The Kier molecular flexibility index (Phi) is 7.36. The molecule has 4 aromatic rings. The van der Waals surface area contributed by atoms with Crippen molar-refractivity contribution in [2.75, 3.05) is 17.5 Å². The molecular weight excluding hydrogens is 460 g/mol. The van der Waals surface area contributed by atoms with Crippen LogP contribution < -0.4 is 14.4 Å². The summed E-state index contributed by atoms with van der Waals surface area (Å²) in [6.45, 7) is 4.23. The Morgan fingerprint density at radius 3 is 2.26 bits per heavy atom. The molecule has 0 spiro atoms. The number of rotatable bonds is 9. The second kappa shape index (κ2) is 10.6. The second-order valence-electron chi connectivity index (χ2n) is 8.21. The summed E-state index contributed by atoms with van der Waals surface area (Å²) in [7, 11) is -3.99. The Morgan fingerprint density at radius 1 is 0.886 bits per heavy atom. The minimum Gasteiger partial charge on any atom is -0.494 e. The van der Waals surface area contributed by atoms with E-state index in [-0.39, 0.29) is 11.4 Å². The minimum absolute atomic E-state index is 0.0869. The Bertz CT molecular complexity index is 1420. The first-order chi connectivity index (χ1) is 16.9. The third-order valence-electron chi connectivity index (χ3n) is 5.64. The maximum atomic E-state index is 13.5. The van der Waals surface area contributed by atoms with E-state index in [0.717, 1.165) is 26.2 Å². The number of nitrogens with zero attached hydrogens (tertiary/aromatic N) is 1. The number of hydrogen-bond acceptors (Lipinski definition) is 4. The predicted octanol–water partition coefficient (Wildman–Crippen LogP) is 5.06. The third kappa shape index (κ3) is 5.81. The summed E-state index contributed by atoms with van der Waals surface area (Å²) in [6.07, 6.45) is 0. The summed E-state index contributed by atoms with van der Waals surface area (Å²) in [4.78, 5) is 13.0. The number of aryl methyl sites for hydroxylation is 1. The second-order valence-corrected chi connectivity index (χ2v) is 10.1. The SMILES string of the molecule is CCOc1ccc(S(=O)(=O)N(CC(=O)NCc2ccc3ccccc3c2)c2ccc(C)cc2)cc1. The number of benzene rings is 4. The number of fused-ring (bicyclic) bond motifs is 1. The molecule has 0 saturated heterocycles. The van der Waals surface area contributed by atoms with E-state index in [9.17, 15) is 13.2 Å². The van der Waals surface area contributed by atoms with Gasteiger partial charge in [-0.15, -0.1) is 0 Å². The number of sulfonamides is 1. The average molecular weight is 489 g/mol. The highest BCUT2D eigenvalue weighted by molar-refractivity contribution is 7.92. The standard InChI is InChI=1S/C28H28N2O4S/c1-3-34-26-14-16-27(17-15-26)35(32,33)30(25-12-8-21(2)9-13-25)20-28(31)29-19-22-10-11-23-6-4-5-7-24(23)18-22/h4-18H,3,19-20H2,1-2H3,(H,29,31). The highest BCUT2D eigenvalue weighted by Gasteiger charge is 2.27. The van der Waals surface area contributed by atoms with Crippen LogP contribution in [-0.2, 0) is 21.4 Å². The van der Waals surface area contributed by atoms with Crippen LogP contribution >= 0.6 is 0 Å². The molecule has 180 valence electrons. The number of ether oxygens (including phenoxy) is 1. The van der Waals surface area contributed by atoms with Crippen molar-refractivity contribution in [1.29, 1.82) is 0 Å². The molecule has 0 aliphatic heterocycles. The van der Waals surface area contributed by atoms with Crippen LogP contribution in [0.25, 0.3) is 10.8 Å². The molecule has 0 heterocycles. The molecule has 7 heteroatoms. The highest BCUT2D eigenvalue weighted by atomic mass is 32.2. The Balaban J connectivity index is 1.55. The number of anilines is 1. The van der Waals surface area contributed by atoms with Crippen molar-refractivity contribution in [3.05, 3.63) is 102 Å². The first kappa shape index (κ1) is 24.3. The zero-order valence-electron chi connectivity index (χ0n) is 19.8. The quantitative estimate of drug-likeness (QED) is 0.357. The van der Waals surface area contributed by atoms with Crippen LogP contribution in [0.15, 0.2) is 95.9 Å². The molecule has 0 aliphatic rings. The van der Waals surface area contributed by atoms with E-state index >= 15 is 0 Å². The van der Waals surface area contributed by atoms with Gasteiger partial charge >= 0.3 is 0 Å². The van der Waals surface area contributed by atoms with Crippen LogP contribution in [0.5, 0.6) is 5.75 Å².